The predicted octanol–water partition coefficient (Wildman–Crippen LogP) is 4.00. The first-order valence-corrected chi connectivity index (χ1v) is 10.7. The third-order valence-electron chi connectivity index (χ3n) is 3.82. The number of benzene rings is 2. The molecule has 0 unspecified atom stereocenters. The molecule has 2 aromatic carbocycles. The fourth-order valence-electron chi connectivity index (χ4n) is 2.58. The zero-order valence-corrected chi connectivity index (χ0v) is 14.7. The molecule has 23 heavy (non-hydrogen) atoms. The van der Waals surface area contributed by atoms with Crippen molar-refractivity contribution < 1.29 is 13.9 Å². The number of esters is 1. The maximum Gasteiger partial charge on any atom is 0.333 e. The molecular formula is C19H21FO2Si. The second kappa shape index (κ2) is 7.37. The topological polar surface area (TPSA) is 26.3 Å². The van der Waals surface area contributed by atoms with Crippen LogP contribution in [0.4, 0.5) is 4.39 Å². The molecule has 0 aromatic heterocycles. The number of methoxy groups -OCH3 is 1. The van der Waals surface area contributed by atoms with Gasteiger partial charge in [0.2, 0.25) is 0 Å². The zero-order chi connectivity index (χ0) is 16.9. The molecule has 0 atom stereocenters. The largest absolute Gasteiger partial charge is 0.466 e. The highest BCUT2D eigenvalue weighted by molar-refractivity contribution is 6.90. The van der Waals surface area contributed by atoms with Crippen LogP contribution in [0.15, 0.2) is 60.2 Å². The van der Waals surface area contributed by atoms with Gasteiger partial charge in [0, 0.05) is 5.57 Å². The Hall–Kier alpha value is -2.20. The fourth-order valence-corrected chi connectivity index (χ4v) is 5.08. The van der Waals surface area contributed by atoms with E-state index in [0.29, 0.717) is 17.2 Å². The van der Waals surface area contributed by atoms with Gasteiger partial charge in [-0.05, 0) is 29.8 Å². The molecular weight excluding hydrogens is 307 g/mol. The number of halogens is 1. The minimum absolute atomic E-state index is 0.317. The van der Waals surface area contributed by atoms with Gasteiger partial charge in [0.15, 0.2) is 0 Å². The van der Waals surface area contributed by atoms with Gasteiger partial charge in [0.1, 0.15) is 5.82 Å². The second-order valence-corrected chi connectivity index (χ2v) is 10.8. The van der Waals surface area contributed by atoms with Gasteiger partial charge >= 0.3 is 5.97 Å². The lowest BCUT2D eigenvalue weighted by Crippen LogP contribution is -2.42. The van der Waals surface area contributed by atoms with Crippen LogP contribution in [0.3, 0.4) is 0 Å². The number of rotatable bonds is 5. The van der Waals surface area contributed by atoms with Gasteiger partial charge in [-0.25, -0.2) is 9.18 Å². The second-order valence-electron chi connectivity index (χ2n) is 6.14. The zero-order valence-electron chi connectivity index (χ0n) is 13.7. The third-order valence-corrected chi connectivity index (χ3v) is 6.99. The first-order chi connectivity index (χ1) is 10.9. The number of carbonyl (C=O) groups excluding carboxylic acids is 1. The Morgan fingerprint density at radius 1 is 1.13 bits per heavy atom. The lowest BCUT2D eigenvalue weighted by Gasteiger charge is -2.23. The predicted molar refractivity (Wildman–Crippen MR) is 94.8 cm³/mol. The lowest BCUT2D eigenvalue weighted by molar-refractivity contribution is -0.135. The molecule has 0 saturated heterocycles. The summed E-state index contributed by atoms with van der Waals surface area (Å²) in [6.45, 7) is 4.43. The van der Waals surface area contributed by atoms with E-state index in [0.717, 1.165) is 0 Å². The van der Waals surface area contributed by atoms with E-state index in [1.165, 1.54) is 24.4 Å². The molecule has 0 saturated carbocycles. The number of hydrogen-bond donors (Lipinski definition) is 0. The number of carbonyl (C=O) groups is 1. The quantitative estimate of drug-likeness (QED) is 0.471. The summed E-state index contributed by atoms with van der Waals surface area (Å²) in [4.78, 5) is 12.1. The molecule has 0 heterocycles. The number of ether oxygens (including phenoxy) is 1. The van der Waals surface area contributed by atoms with Crippen LogP contribution in [0.1, 0.15) is 5.56 Å². The maximum absolute atomic E-state index is 13.4. The van der Waals surface area contributed by atoms with Gasteiger partial charge in [0.05, 0.1) is 15.2 Å². The monoisotopic (exact) mass is 328 g/mol. The Morgan fingerprint density at radius 2 is 1.83 bits per heavy atom. The Kier molecular flexibility index (Phi) is 5.50. The normalized spacial score (nSPS) is 12.1. The molecule has 2 rings (SSSR count). The smallest absolute Gasteiger partial charge is 0.333 e. The molecule has 0 aliphatic rings. The van der Waals surface area contributed by atoms with E-state index in [4.69, 9.17) is 4.74 Å². The van der Waals surface area contributed by atoms with E-state index in [2.05, 4.69) is 25.2 Å². The van der Waals surface area contributed by atoms with Crippen molar-refractivity contribution in [3.05, 3.63) is 71.6 Å². The van der Waals surface area contributed by atoms with Crippen molar-refractivity contribution in [3.8, 4) is 0 Å². The molecule has 0 radical (unpaired) electrons. The lowest BCUT2D eigenvalue weighted by atomic mass is 10.1. The van der Waals surface area contributed by atoms with Crippen LogP contribution in [0.5, 0.6) is 0 Å². The summed E-state index contributed by atoms with van der Waals surface area (Å²) in [6, 6.07) is 17.1. The molecule has 4 heteroatoms. The van der Waals surface area contributed by atoms with Crippen LogP contribution in [-0.2, 0) is 9.53 Å². The Labute approximate surface area is 137 Å². The van der Waals surface area contributed by atoms with Crippen LogP contribution in [-0.4, -0.2) is 21.2 Å². The van der Waals surface area contributed by atoms with E-state index in [1.807, 2.05) is 18.2 Å². The van der Waals surface area contributed by atoms with Crippen molar-refractivity contribution in [2.24, 2.45) is 0 Å². The van der Waals surface area contributed by atoms with Crippen LogP contribution in [0, 0.1) is 5.82 Å². The van der Waals surface area contributed by atoms with Gasteiger partial charge in [-0.3, -0.25) is 0 Å². The summed E-state index contributed by atoms with van der Waals surface area (Å²) in [7, 11) is -0.478. The van der Waals surface area contributed by atoms with Crippen molar-refractivity contribution in [1.29, 1.82) is 0 Å². The van der Waals surface area contributed by atoms with E-state index < -0.39 is 8.07 Å². The minimum Gasteiger partial charge on any atom is -0.466 e. The van der Waals surface area contributed by atoms with Gasteiger partial charge in [-0.2, -0.15) is 0 Å². The first kappa shape index (κ1) is 17.2. The van der Waals surface area contributed by atoms with E-state index in [9.17, 15) is 9.18 Å². The van der Waals surface area contributed by atoms with Crippen LogP contribution in [0.25, 0.3) is 6.08 Å². The summed E-state index contributed by atoms with van der Waals surface area (Å²) in [5.41, 5.74) is 1.25. The van der Waals surface area contributed by atoms with Crippen molar-refractivity contribution in [3.63, 3.8) is 0 Å². The Balaban J connectivity index is 2.35. The minimum atomic E-state index is -1.85. The van der Waals surface area contributed by atoms with Crippen molar-refractivity contribution >= 4 is 25.3 Å². The van der Waals surface area contributed by atoms with Crippen molar-refractivity contribution in [2.45, 2.75) is 19.1 Å². The summed E-state index contributed by atoms with van der Waals surface area (Å²) >= 11 is 0. The Bertz CT molecular complexity index is 708. The summed E-state index contributed by atoms with van der Waals surface area (Å²) in [5.74, 6) is -0.673. The first-order valence-electron chi connectivity index (χ1n) is 7.52. The molecule has 0 spiro atoms. The summed E-state index contributed by atoms with van der Waals surface area (Å²) in [5, 5.41) is 1.27. The highest BCUT2D eigenvalue weighted by Gasteiger charge is 2.27. The average molecular weight is 328 g/mol. The molecule has 120 valence electrons. The van der Waals surface area contributed by atoms with Crippen molar-refractivity contribution in [1.82, 2.24) is 0 Å². The van der Waals surface area contributed by atoms with E-state index in [1.54, 1.807) is 18.2 Å². The molecule has 0 aliphatic carbocycles. The summed E-state index contributed by atoms with van der Waals surface area (Å²) < 4.78 is 18.3. The molecule has 0 bridgehead atoms. The maximum atomic E-state index is 13.4. The molecule has 0 fully saturated rings. The standard InChI is InChI=1S/C19H21FO2Si/c1-22-19(21)16(12-15-8-7-9-17(20)13-15)14-23(2,3)18-10-5-4-6-11-18/h4-13H,14H2,1-3H3/b16-12+. The van der Waals surface area contributed by atoms with E-state index >= 15 is 0 Å². The van der Waals surface area contributed by atoms with Crippen LogP contribution >= 0.6 is 0 Å². The van der Waals surface area contributed by atoms with Gasteiger partial charge < -0.3 is 4.74 Å². The SMILES string of the molecule is COC(=O)/C(=C/c1cccc(F)c1)C[Si](C)(C)c1ccccc1. The molecule has 0 N–H and O–H groups in total. The highest BCUT2D eigenvalue weighted by atomic mass is 28.3. The van der Waals surface area contributed by atoms with E-state index in [-0.39, 0.29) is 11.8 Å². The molecule has 2 nitrogen and oxygen atoms in total. The fraction of sp³-hybridized carbons (Fsp3) is 0.211. The number of hydrogen-bond acceptors (Lipinski definition) is 2. The van der Waals surface area contributed by atoms with Crippen LogP contribution in [0.2, 0.25) is 19.1 Å². The molecule has 2 aromatic rings. The summed E-state index contributed by atoms with van der Waals surface area (Å²) in [6.07, 6.45) is 1.73. The van der Waals surface area contributed by atoms with Gasteiger partial charge in [0.25, 0.3) is 0 Å². The van der Waals surface area contributed by atoms with Gasteiger partial charge in [-0.15, -0.1) is 0 Å². The highest BCUT2D eigenvalue weighted by Crippen LogP contribution is 2.21. The molecule has 0 amide bonds. The van der Waals surface area contributed by atoms with Gasteiger partial charge in [-0.1, -0.05) is 60.7 Å². The third kappa shape index (κ3) is 4.63. The molecule has 0 aliphatic heterocycles. The van der Waals surface area contributed by atoms with Crippen molar-refractivity contribution in [2.75, 3.05) is 7.11 Å². The van der Waals surface area contributed by atoms with Crippen LogP contribution < -0.4 is 5.19 Å². The Morgan fingerprint density at radius 3 is 2.43 bits per heavy atom. The average Bonchev–Trinajstić information content (AvgIpc) is 2.54.